The lowest BCUT2D eigenvalue weighted by molar-refractivity contribution is 0.0696. The summed E-state index contributed by atoms with van der Waals surface area (Å²) in [5, 5.41) is 18.6. The fraction of sp³-hybridized carbons (Fsp3) is 0.298. The molecule has 0 aliphatic carbocycles. The summed E-state index contributed by atoms with van der Waals surface area (Å²) in [7, 11) is 1.43. The number of aromatic nitrogens is 6. The molecule has 0 fully saturated rings. The van der Waals surface area contributed by atoms with Crippen LogP contribution in [0.3, 0.4) is 0 Å². The standard InChI is InChI=1S/C29H31F3N6O2.C28H28F3N5O3/c1-5-37(6-2)14-8-13-34-29-35-25(20-15-18(28(40)33-4)16-23(32)17(20)3)19-11-12-24(39)38(27(19)36-29)26-21(30)9-7-10-22(26)31;1-4-35(5-2)13-7-12-32-28-33-24(19-14-17(27(38)39)15-22(31)16(19)3)18-10-11-23(37)36(26(18)34-28)25-20(29)8-6-9-21(25)30/h7,9-12,15-16H,5-6,8,13-14H2,1-4H3,(H,33,40)(H,34,35,36);6,8-11,14-15H,4-5,7,12-13H2,1-3H3,(H,38,39)(H,32,33,34). The number of halogens is 6. The van der Waals surface area contributed by atoms with Crippen LogP contribution in [0.4, 0.5) is 38.2 Å². The number of anilines is 2. The number of benzene rings is 4. The van der Waals surface area contributed by atoms with Crippen LogP contribution < -0.4 is 27.1 Å². The van der Waals surface area contributed by atoms with E-state index >= 15 is 4.39 Å². The van der Waals surface area contributed by atoms with Gasteiger partial charge in [-0.25, -0.2) is 41.1 Å². The Balaban J connectivity index is 0.000000229. The van der Waals surface area contributed by atoms with Crippen molar-refractivity contribution >= 4 is 45.8 Å². The number of fused-ring (bicyclic) bond motifs is 2. The third kappa shape index (κ3) is 12.8. The Kier molecular flexibility index (Phi) is 19.0. The molecule has 0 unspecified atom stereocenters. The number of rotatable bonds is 20. The van der Waals surface area contributed by atoms with Crippen LogP contribution in [-0.2, 0) is 0 Å². The van der Waals surface area contributed by atoms with E-state index in [0.717, 1.165) is 110 Å². The zero-order chi connectivity index (χ0) is 57.2. The molecule has 0 saturated heterocycles. The van der Waals surface area contributed by atoms with Crippen LogP contribution in [-0.4, -0.2) is 115 Å². The summed E-state index contributed by atoms with van der Waals surface area (Å²) in [5.41, 5.74) is -2.05. The minimum atomic E-state index is -1.34. The van der Waals surface area contributed by atoms with Crippen molar-refractivity contribution in [1.29, 1.82) is 0 Å². The minimum Gasteiger partial charge on any atom is -0.478 e. The molecular formula is C57H59F6N11O5. The number of nitrogens with one attached hydrogen (secondary N) is 3. The molecule has 16 nitrogen and oxygen atoms in total. The SMILES string of the molecule is CCN(CC)CCCNc1nc(-c2cc(C(=O)NC)cc(F)c2C)c2ccc(=O)n(-c3c(F)cccc3F)c2n1.CCN(CC)CCCNc1nc(-c2cc(C(=O)O)cc(F)c2C)c2ccc(=O)n(-c3c(F)cccc3F)c2n1. The summed E-state index contributed by atoms with van der Waals surface area (Å²) < 4.78 is 91.0. The Morgan fingerprint density at radius 1 is 0.544 bits per heavy atom. The summed E-state index contributed by atoms with van der Waals surface area (Å²) in [6, 6.07) is 16.3. The monoisotopic (exact) mass is 1090 g/mol. The summed E-state index contributed by atoms with van der Waals surface area (Å²) in [4.78, 5) is 72.6. The number of carboxylic acids is 1. The maximum Gasteiger partial charge on any atom is 0.335 e. The number of carbonyl (C=O) groups excluding carboxylic acids is 1. The second-order valence-electron chi connectivity index (χ2n) is 18.2. The molecular weight excluding hydrogens is 1030 g/mol. The number of nitrogens with zero attached hydrogens (tertiary/aromatic N) is 8. The smallest absolute Gasteiger partial charge is 0.335 e. The third-order valence-corrected chi connectivity index (χ3v) is 13.4. The van der Waals surface area contributed by atoms with Gasteiger partial charge < -0.3 is 30.9 Å². The van der Waals surface area contributed by atoms with Crippen molar-refractivity contribution in [2.45, 2.75) is 54.4 Å². The molecule has 0 spiro atoms. The Morgan fingerprint density at radius 3 is 1.29 bits per heavy atom. The Bertz CT molecular complexity index is 3660. The van der Waals surface area contributed by atoms with Crippen molar-refractivity contribution in [3.63, 3.8) is 0 Å². The van der Waals surface area contributed by atoms with Crippen molar-refractivity contribution < 1.29 is 41.0 Å². The van der Waals surface area contributed by atoms with Gasteiger partial charge in [-0.05, 0) is 138 Å². The van der Waals surface area contributed by atoms with Gasteiger partial charge in [0.1, 0.15) is 46.3 Å². The molecule has 0 saturated carbocycles. The van der Waals surface area contributed by atoms with E-state index in [1.807, 2.05) is 0 Å². The molecule has 4 aromatic carbocycles. The second kappa shape index (κ2) is 25.8. The molecule has 1 amide bonds. The molecule has 0 aliphatic rings. The number of amides is 1. The summed E-state index contributed by atoms with van der Waals surface area (Å²) in [5.74, 6) is -6.98. The van der Waals surface area contributed by atoms with Gasteiger partial charge in [0.25, 0.3) is 17.0 Å². The summed E-state index contributed by atoms with van der Waals surface area (Å²) in [6.07, 6.45) is 1.48. The zero-order valence-corrected chi connectivity index (χ0v) is 44.6. The quantitative estimate of drug-likeness (QED) is 0.0417. The molecule has 0 bridgehead atoms. The van der Waals surface area contributed by atoms with Gasteiger partial charge in [-0.3, -0.25) is 23.5 Å². The first-order chi connectivity index (χ1) is 37.8. The number of carboxylic acid groups (broad SMARTS) is 1. The van der Waals surface area contributed by atoms with E-state index in [1.54, 1.807) is 0 Å². The second-order valence-corrected chi connectivity index (χ2v) is 18.2. The van der Waals surface area contributed by atoms with Gasteiger partial charge >= 0.3 is 5.97 Å². The molecule has 22 heteroatoms. The summed E-state index contributed by atoms with van der Waals surface area (Å²) >= 11 is 0. The molecule has 414 valence electrons. The molecule has 0 atom stereocenters. The number of hydrogen-bond donors (Lipinski definition) is 4. The van der Waals surface area contributed by atoms with Gasteiger partial charge in [0.15, 0.2) is 11.3 Å². The first-order valence-corrected chi connectivity index (χ1v) is 25.6. The predicted octanol–water partition coefficient (Wildman–Crippen LogP) is 9.69. The Labute approximate surface area is 450 Å². The van der Waals surface area contributed by atoms with Crippen LogP contribution in [0, 0.1) is 48.8 Å². The third-order valence-electron chi connectivity index (χ3n) is 13.4. The number of para-hydroxylation sites is 2. The van der Waals surface area contributed by atoms with Gasteiger partial charge in [0, 0.05) is 59.7 Å². The average Bonchev–Trinajstić information content (AvgIpc) is 3.44. The number of pyridine rings is 2. The van der Waals surface area contributed by atoms with E-state index in [1.165, 1.54) is 57.3 Å². The van der Waals surface area contributed by atoms with Crippen LogP contribution in [0.5, 0.6) is 0 Å². The van der Waals surface area contributed by atoms with Crippen LogP contribution in [0.25, 0.3) is 56.0 Å². The van der Waals surface area contributed by atoms with E-state index in [-0.39, 0.29) is 78.7 Å². The highest BCUT2D eigenvalue weighted by Gasteiger charge is 2.25. The van der Waals surface area contributed by atoms with Crippen LogP contribution in [0.1, 0.15) is 72.4 Å². The molecule has 8 aromatic rings. The number of carbonyl (C=O) groups is 2. The number of aromatic carboxylic acids is 1. The van der Waals surface area contributed by atoms with Gasteiger partial charge in [-0.1, -0.05) is 39.8 Å². The van der Waals surface area contributed by atoms with Crippen molar-refractivity contribution in [3.05, 3.63) is 163 Å². The van der Waals surface area contributed by atoms with Crippen molar-refractivity contribution in [1.82, 2.24) is 44.2 Å². The van der Waals surface area contributed by atoms with Crippen LogP contribution >= 0.6 is 0 Å². The first kappa shape index (κ1) is 58.2. The molecule has 0 aliphatic heterocycles. The normalized spacial score (nSPS) is 11.3. The fourth-order valence-electron chi connectivity index (χ4n) is 8.97. The zero-order valence-electron chi connectivity index (χ0n) is 44.6. The molecule has 4 N–H and O–H groups in total. The molecule has 4 aromatic heterocycles. The minimum absolute atomic E-state index is 0.0358. The lowest BCUT2D eigenvalue weighted by Gasteiger charge is -2.18. The highest BCUT2D eigenvalue weighted by Crippen LogP contribution is 2.35. The van der Waals surface area contributed by atoms with E-state index in [4.69, 9.17) is 0 Å². The van der Waals surface area contributed by atoms with Crippen molar-refractivity contribution in [2.24, 2.45) is 0 Å². The van der Waals surface area contributed by atoms with Gasteiger partial charge in [-0.15, -0.1) is 0 Å². The number of hydrogen-bond acceptors (Lipinski definition) is 12. The highest BCUT2D eigenvalue weighted by atomic mass is 19.2. The van der Waals surface area contributed by atoms with E-state index in [9.17, 15) is 46.2 Å². The van der Waals surface area contributed by atoms with E-state index in [2.05, 4.69) is 73.4 Å². The van der Waals surface area contributed by atoms with Gasteiger partial charge in [0.05, 0.1) is 17.0 Å². The van der Waals surface area contributed by atoms with Crippen molar-refractivity contribution in [2.75, 3.05) is 70.0 Å². The van der Waals surface area contributed by atoms with Gasteiger partial charge in [0.2, 0.25) is 11.9 Å². The Hall–Kier alpha value is -8.50. The Morgan fingerprint density at radius 2 is 0.924 bits per heavy atom. The van der Waals surface area contributed by atoms with Crippen LogP contribution in [0.15, 0.2) is 94.5 Å². The van der Waals surface area contributed by atoms with E-state index in [0.29, 0.717) is 13.1 Å². The predicted molar refractivity (Wildman–Crippen MR) is 293 cm³/mol. The fourth-order valence-corrected chi connectivity index (χ4v) is 8.97. The maximum atomic E-state index is 15.0. The van der Waals surface area contributed by atoms with Gasteiger partial charge in [-0.2, -0.15) is 9.97 Å². The lowest BCUT2D eigenvalue weighted by atomic mass is 9.99. The maximum absolute atomic E-state index is 15.0. The lowest BCUT2D eigenvalue weighted by Crippen LogP contribution is -2.25. The largest absolute Gasteiger partial charge is 0.478 e. The molecule has 8 rings (SSSR count). The molecule has 4 heterocycles. The first-order valence-electron chi connectivity index (χ1n) is 25.6. The van der Waals surface area contributed by atoms with Crippen molar-refractivity contribution in [3.8, 4) is 33.9 Å². The average molecular weight is 1090 g/mol. The molecule has 79 heavy (non-hydrogen) atoms. The summed E-state index contributed by atoms with van der Waals surface area (Å²) in [6.45, 7) is 17.4. The van der Waals surface area contributed by atoms with E-state index < -0.39 is 69.3 Å². The molecule has 0 radical (unpaired) electrons. The topological polar surface area (TPSA) is 192 Å². The van der Waals surface area contributed by atoms with Crippen LogP contribution in [0.2, 0.25) is 0 Å². The highest BCUT2D eigenvalue weighted by molar-refractivity contribution is 5.99.